The molecular formula is C23H28F2N2O2. The van der Waals surface area contributed by atoms with Crippen molar-refractivity contribution in [3.63, 3.8) is 0 Å². The highest BCUT2D eigenvalue weighted by Crippen LogP contribution is 2.35. The summed E-state index contributed by atoms with van der Waals surface area (Å²) in [7, 11) is 3.77. The van der Waals surface area contributed by atoms with Crippen molar-refractivity contribution in [3.05, 3.63) is 65.2 Å². The van der Waals surface area contributed by atoms with Crippen molar-refractivity contribution in [2.24, 2.45) is 5.92 Å². The van der Waals surface area contributed by atoms with E-state index in [-0.39, 0.29) is 18.4 Å². The van der Waals surface area contributed by atoms with Gasteiger partial charge in [-0.05, 0) is 74.2 Å². The van der Waals surface area contributed by atoms with Crippen LogP contribution in [0.1, 0.15) is 36.4 Å². The lowest BCUT2D eigenvalue weighted by molar-refractivity contribution is -0.121. The molecule has 0 saturated carbocycles. The smallest absolute Gasteiger partial charge is 0.220 e. The van der Waals surface area contributed by atoms with Gasteiger partial charge in [-0.15, -0.1) is 0 Å². The summed E-state index contributed by atoms with van der Waals surface area (Å²) in [5.74, 6) is -0.681. The van der Waals surface area contributed by atoms with Crippen LogP contribution in [-0.2, 0) is 11.2 Å². The normalized spacial score (nSPS) is 19.7. The van der Waals surface area contributed by atoms with Gasteiger partial charge >= 0.3 is 0 Å². The van der Waals surface area contributed by atoms with Crippen molar-refractivity contribution < 1.29 is 18.3 Å². The molecule has 0 radical (unpaired) electrons. The zero-order valence-electron chi connectivity index (χ0n) is 17.0. The Labute approximate surface area is 170 Å². The lowest BCUT2D eigenvalue weighted by Crippen LogP contribution is -2.41. The lowest BCUT2D eigenvalue weighted by atomic mass is 9.85. The third-order valence-corrected chi connectivity index (χ3v) is 5.65. The van der Waals surface area contributed by atoms with Crippen molar-refractivity contribution in [3.8, 4) is 5.75 Å². The molecule has 0 spiro atoms. The first-order chi connectivity index (χ1) is 14.0. The number of rotatable bonds is 7. The number of carbonyl (C=O) groups is 1. The van der Waals surface area contributed by atoms with Gasteiger partial charge in [0.25, 0.3) is 0 Å². The Kier molecular flexibility index (Phi) is 7.20. The molecule has 6 heteroatoms. The van der Waals surface area contributed by atoms with E-state index in [0.717, 1.165) is 37.3 Å². The number of carbonyl (C=O) groups excluding carboxylic acids is 1. The third kappa shape index (κ3) is 5.54. The molecule has 1 saturated heterocycles. The SMILES string of the molecule is COc1ccc(C2C(CNC(=O)CCc3ccc(F)c(F)c3)CCCN2C)cc1. The second-order valence-corrected chi connectivity index (χ2v) is 7.65. The maximum atomic E-state index is 13.3. The molecule has 1 aliphatic rings. The van der Waals surface area contributed by atoms with Crippen molar-refractivity contribution in [2.45, 2.75) is 31.7 Å². The van der Waals surface area contributed by atoms with Gasteiger partial charge in [0, 0.05) is 19.0 Å². The quantitative estimate of drug-likeness (QED) is 0.758. The molecule has 1 aliphatic heterocycles. The van der Waals surface area contributed by atoms with Crippen molar-refractivity contribution >= 4 is 5.91 Å². The standard InChI is InChI=1S/C23H28F2N2O2/c1-27-13-3-4-18(23(27)17-7-9-19(29-2)10-8-17)15-26-22(28)12-6-16-5-11-20(24)21(25)14-16/h5,7-11,14,18,23H,3-4,6,12-13,15H2,1-2H3,(H,26,28). The number of hydrogen-bond acceptors (Lipinski definition) is 3. The van der Waals surface area contributed by atoms with Gasteiger partial charge in [-0.1, -0.05) is 18.2 Å². The zero-order chi connectivity index (χ0) is 20.8. The van der Waals surface area contributed by atoms with Gasteiger partial charge in [0.1, 0.15) is 5.75 Å². The van der Waals surface area contributed by atoms with E-state index in [0.29, 0.717) is 24.4 Å². The Balaban J connectivity index is 1.56. The number of methoxy groups -OCH3 is 1. The molecular weight excluding hydrogens is 374 g/mol. The second-order valence-electron chi connectivity index (χ2n) is 7.65. The fourth-order valence-electron chi connectivity index (χ4n) is 4.09. The average Bonchev–Trinajstić information content (AvgIpc) is 2.73. The van der Waals surface area contributed by atoms with Crippen molar-refractivity contribution in [1.29, 1.82) is 0 Å². The number of amides is 1. The minimum absolute atomic E-state index is 0.0727. The van der Waals surface area contributed by atoms with Gasteiger partial charge in [-0.25, -0.2) is 8.78 Å². The lowest BCUT2D eigenvalue weighted by Gasteiger charge is -2.39. The average molecular weight is 402 g/mol. The molecule has 29 heavy (non-hydrogen) atoms. The predicted molar refractivity (Wildman–Crippen MR) is 109 cm³/mol. The molecule has 1 amide bonds. The summed E-state index contributed by atoms with van der Waals surface area (Å²) in [4.78, 5) is 14.6. The Bertz CT molecular complexity index is 826. The van der Waals surface area contributed by atoms with Crippen LogP contribution in [0.15, 0.2) is 42.5 Å². The summed E-state index contributed by atoms with van der Waals surface area (Å²) >= 11 is 0. The summed E-state index contributed by atoms with van der Waals surface area (Å²) < 4.78 is 31.6. The van der Waals surface area contributed by atoms with E-state index < -0.39 is 11.6 Å². The van der Waals surface area contributed by atoms with E-state index in [1.54, 1.807) is 7.11 Å². The maximum Gasteiger partial charge on any atom is 0.220 e. The van der Waals surface area contributed by atoms with E-state index in [1.165, 1.54) is 11.6 Å². The summed E-state index contributed by atoms with van der Waals surface area (Å²) in [6.07, 6.45) is 2.78. The van der Waals surface area contributed by atoms with Gasteiger partial charge in [-0.2, -0.15) is 0 Å². The molecule has 1 fully saturated rings. The maximum absolute atomic E-state index is 13.3. The Hall–Kier alpha value is -2.47. The van der Waals surface area contributed by atoms with E-state index >= 15 is 0 Å². The fraction of sp³-hybridized carbons (Fsp3) is 0.435. The third-order valence-electron chi connectivity index (χ3n) is 5.65. The van der Waals surface area contributed by atoms with E-state index in [4.69, 9.17) is 4.74 Å². The fourth-order valence-corrected chi connectivity index (χ4v) is 4.09. The molecule has 4 nitrogen and oxygen atoms in total. The topological polar surface area (TPSA) is 41.6 Å². The molecule has 3 rings (SSSR count). The summed E-state index contributed by atoms with van der Waals surface area (Å²) in [6, 6.07) is 12.1. The number of aryl methyl sites for hydroxylation is 1. The first kappa shape index (κ1) is 21.2. The predicted octanol–water partition coefficient (Wildman–Crippen LogP) is 4.11. The molecule has 1 heterocycles. The number of piperidine rings is 1. The Morgan fingerprint density at radius 1 is 1.17 bits per heavy atom. The highest BCUT2D eigenvalue weighted by molar-refractivity contribution is 5.76. The number of halogens is 2. The Morgan fingerprint density at radius 2 is 1.93 bits per heavy atom. The second kappa shape index (κ2) is 9.83. The van der Waals surface area contributed by atoms with E-state index in [1.807, 2.05) is 12.1 Å². The summed E-state index contributed by atoms with van der Waals surface area (Å²) in [5.41, 5.74) is 1.83. The molecule has 2 atom stereocenters. The monoisotopic (exact) mass is 402 g/mol. The molecule has 2 unspecified atom stereocenters. The van der Waals surface area contributed by atoms with Crippen LogP contribution in [0, 0.1) is 17.6 Å². The number of hydrogen-bond donors (Lipinski definition) is 1. The number of nitrogens with zero attached hydrogens (tertiary/aromatic N) is 1. The van der Waals surface area contributed by atoms with Crippen LogP contribution in [0.25, 0.3) is 0 Å². The van der Waals surface area contributed by atoms with E-state index in [9.17, 15) is 13.6 Å². The number of ether oxygens (including phenoxy) is 1. The van der Waals surface area contributed by atoms with Crippen LogP contribution in [-0.4, -0.2) is 38.1 Å². The Morgan fingerprint density at radius 3 is 2.62 bits per heavy atom. The number of likely N-dealkylation sites (tertiary alicyclic amines) is 1. The van der Waals surface area contributed by atoms with Crippen LogP contribution in [0.5, 0.6) is 5.75 Å². The minimum atomic E-state index is -0.879. The molecule has 0 aliphatic carbocycles. The molecule has 0 bridgehead atoms. The first-order valence-electron chi connectivity index (χ1n) is 10.0. The van der Waals surface area contributed by atoms with Crippen LogP contribution in [0.4, 0.5) is 8.78 Å². The molecule has 0 aromatic heterocycles. The molecule has 2 aromatic carbocycles. The van der Waals surface area contributed by atoms with Gasteiger partial charge in [0.15, 0.2) is 11.6 Å². The number of nitrogens with one attached hydrogen (secondary N) is 1. The minimum Gasteiger partial charge on any atom is -0.497 e. The summed E-state index contributed by atoms with van der Waals surface area (Å²) in [6.45, 7) is 1.62. The van der Waals surface area contributed by atoms with Gasteiger partial charge in [0.05, 0.1) is 7.11 Å². The van der Waals surface area contributed by atoms with Crippen LogP contribution in [0.2, 0.25) is 0 Å². The van der Waals surface area contributed by atoms with Crippen LogP contribution < -0.4 is 10.1 Å². The largest absolute Gasteiger partial charge is 0.497 e. The number of benzene rings is 2. The van der Waals surface area contributed by atoms with Gasteiger partial charge < -0.3 is 10.1 Å². The molecule has 1 N–H and O–H groups in total. The highest BCUT2D eigenvalue weighted by atomic mass is 19.2. The van der Waals surface area contributed by atoms with Crippen molar-refractivity contribution in [2.75, 3.05) is 27.2 Å². The van der Waals surface area contributed by atoms with Gasteiger partial charge in [-0.3, -0.25) is 9.69 Å². The van der Waals surface area contributed by atoms with Gasteiger partial charge in [0.2, 0.25) is 5.91 Å². The first-order valence-corrected chi connectivity index (χ1v) is 10.0. The van der Waals surface area contributed by atoms with Crippen LogP contribution in [0.3, 0.4) is 0 Å². The highest BCUT2D eigenvalue weighted by Gasteiger charge is 2.30. The summed E-state index contributed by atoms with van der Waals surface area (Å²) in [5, 5.41) is 3.03. The molecule has 2 aromatic rings. The van der Waals surface area contributed by atoms with Crippen molar-refractivity contribution in [1.82, 2.24) is 10.2 Å². The molecule has 156 valence electrons. The van der Waals surface area contributed by atoms with E-state index in [2.05, 4.69) is 29.4 Å². The zero-order valence-corrected chi connectivity index (χ0v) is 17.0. The van der Waals surface area contributed by atoms with Crippen LogP contribution >= 0.6 is 0 Å².